The van der Waals surface area contributed by atoms with E-state index >= 15 is 0 Å². The zero-order valence-electron chi connectivity index (χ0n) is 10.9. The van der Waals surface area contributed by atoms with E-state index in [0.717, 1.165) is 0 Å². The summed E-state index contributed by atoms with van der Waals surface area (Å²) in [6.45, 7) is 2.23. The number of hydrogen-bond acceptors (Lipinski definition) is 2. The van der Waals surface area contributed by atoms with Crippen LogP contribution in [-0.4, -0.2) is 19.3 Å². The van der Waals surface area contributed by atoms with E-state index in [0.29, 0.717) is 18.2 Å². The third-order valence-corrected chi connectivity index (χ3v) is 3.77. The number of nitrogens with one attached hydrogen (secondary N) is 1. The van der Waals surface area contributed by atoms with Crippen molar-refractivity contribution in [3.8, 4) is 0 Å². The fourth-order valence-corrected chi connectivity index (χ4v) is 2.73. The second kappa shape index (κ2) is 6.18. The van der Waals surface area contributed by atoms with E-state index in [2.05, 4.69) is 42.6 Å². The fraction of sp³-hybridized carbons (Fsp3) is 0.600. The molecule has 1 aromatic rings. The molecule has 1 aliphatic carbocycles. The van der Waals surface area contributed by atoms with E-state index in [9.17, 15) is 0 Å². The Morgan fingerprint density at radius 2 is 1.88 bits per heavy atom. The smallest absolute Gasteiger partial charge is 0.0724 e. The second-order valence-electron chi connectivity index (χ2n) is 4.96. The van der Waals surface area contributed by atoms with Gasteiger partial charge in [-0.3, -0.25) is 0 Å². The van der Waals surface area contributed by atoms with Gasteiger partial charge in [-0.15, -0.1) is 0 Å². The first-order valence-electron chi connectivity index (χ1n) is 6.65. The lowest BCUT2D eigenvalue weighted by Crippen LogP contribution is -2.44. The van der Waals surface area contributed by atoms with Crippen LogP contribution in [0.2, 0.25) is 0 Å². The molecule has 1 aliphatic rings. The van der Waals surface area contributed by atoms with Crippen LogP contribution in [0.15, 0.2) is 30.3 Å². The third-order valence-electron chi connectivity index (χ3n) is 3.77. The van der Waals surface area contributed by atoms with Crippen molar-refractivity contribution in [2.75, 3.05) is 7.11 Å². The lowest BCUT2D eigenvalue weighted by Gasteiger charge is -2.33. The van der Waals surface area contributed by atoms with Crippen LogP contribution in [0.4, 0.5) is 0 Å². The first kappa shape index (κ1) is 12.6. The minimum atomic E-state index is 0.384. The van der Waals surface area contributed by atoms with Crippen LogP contribution in [-0.2, 0) is 4.74 Å². The molecule has 2 unspecified atom stereocenters. The number of benzene rings is 1. The number of rotatable bonds is 4. The Balaban J connectivity index is 1.95. The molecular weight excluding hydrogens is 210 g/mol. The van der Waals surface area contributed by atoms with E-state index in [1.54, 1.807) is 0 Å². The van der Waals surface area contributed by atoms with Gasteiger partial charge >= 0.3 is 0 Å². The highest BCUT2D eigenvalue weighted by atomic mass is 16.5. The molecule has 3 atom stereocenters. The summed E-state index contributed by atoms with van der Waals surface area (Å²) in [6, 6.07) is 11.5. The molecule has 1 aromatic carbocycles. The van der Waals surface area contributed by atoms with E-state index in [1.807, 2.05) is 7.11 Å². The molecule has 1 saturated carbocycles. The Hall–Kier alpha value is -0.860. The molecule has 0 aliphatic heterocycles. The SMILES string of the molecule is COC1CCCCC1N[C@@H](C)c1ccccc1. The van der Waals surface area contributed by atoms with Crippen LogP contribution >= 0.6 is 0 Å². The van der Waals surface area contributed by atoms with E-state index in [1.165, 1.54) is 31.2 Å². The molecule has 0 amide bonds. The molecule has 2 heteroatoms. The monoisotopic (exact) mass is 233 g/mol. The van der Waals surface area contributed by atoms with Crippen molar-refractivity contribution < 1.29 is 4.74 Å². The highest BCUT2D eigenvalue weighted by molar-refractivity contribution is 5.18. The summed E-state index contributed by atoms with van der Waals surface area (Å²) in [4.78, 5) is 0. The van der Waals surface area contributed by atoms with Crippen LogP contribution in [0, 0.1) is 0 Å². The molecule has 0 radical (unpaired) electrons. The molecule has 0 heterocycles. The lowest BCUT2D eigenvalue weighted by molar-refractivity contribution is 0.0384. The molecule has 17 heavy (non-hydrogen) atoms. The zero-order chi connectivity index (χ0) is 12.1. The summed E-state index contributed by atoms with van der Waals surface area (Å²) in [5.41, 5.74) is 1.35. The minimum absolute atomic E-state index is 0.384. The van der Waals surface area contributed by atoms with E-state index in [-0.39, 0.29) is 0 Å². The highest BCUT2D eigenvalue weighted by Crippen LogP contribution is 2.23. The summed E-state index contributed by atoms with van der Waals surface area (Å²) < 4.78 is 5.58. The summed E-state index contributed by atoms with van der Waals surface area (Å²) in [5.74, 6) is 0. The zero-order valence-corrected chi connectivity index (χ0v) is 10.9. The minimum Gasteiger partial charge on any atom is -0.380 e. The standard InChI is InChI=1S/C15H23NO/c1-12(13-8-4-3-5-9-13)16-14-10-6-7-11-15(14)17-2/h3-5,8-9,12,14-16H,6-7,10-11H2,1-2H3/t12-,14?,15?/m0/s1. The van der Waals surface area contributed by atoms with Gasteiger partial charge < -0.3 is 10.1 Å². The van der Waals surface area contributed by atoms with Crippen LogP contribution in [0.3, 0.4) is 0 Å². The maximum absolute atomic E-state index is 5.58. The van der Waals surface area contributed by atoms with Gasteiger partial charge in [0.15, 0.2) is 0 Å². The Morgan fingerprint density at radius 1 is 1.18 bits per heavy atom. The van der Waals surface area contributed by atoms with Crippen molar-refractivity contribution in [1.82, 2.24) is 5.32 Å². The summed E-state index contributed by atoms with van der Waals surface area (Å²) in [5, 5.41) is 3.71. The normalized spacial score (nSPS) is 26.7. The maximum Gasteiger partial charge on any atom is 0.0724 e. The molecular formula is C15H23NO. The topological polar surface area (TPSA) is 21.3 Å². The Bertz CT molecular complexity index is 325. The molecule has 2 rings (SSSR count). The fourth-order valence-electron chi connectivity index (χ4n) is 2.73. The van der Waals surface area contributed by atoms with Gasteiger partial charge in [0.05, 0.1) is 6.10 Å². The van der Waals surface area contributed by atoms with Gasteiger partial charge in [-0.25, -0.2) is 0 Å². The van der Waals surface area contributed by atoms with Gasteiger partial charge in [-0.05, 0) is 25.3 Å². The van der Waals surface area contributed by atoms with Gasteiger partial charge in [0, 0.05) is 19.2 Å². The summed E-state index contributed by atoms with van der Waals surface area (Å²) >= 11 is 0. The quantitative estimate of drug-likeness (QED) is 0.861. The van der Waals surface area contributed by atoms with Gasteiger partial charge in [0.2, 0.25) is 0 Å². The molecule has 2 nitrogen and oxygen atoms in total. The predicted octanol–water partition coefficient (Wildman–Crippen LogP) is 3.29. The molecule has 1 N–H and O–H groups in total. The molecule has 94 valence electrons. The maximum atomic E-state index is 5.58. The first-order valence-corrected chi connectivity index (χ1v) is 6.65. The second-order valence-corrected chi connectivity index (χ2v) is 4.96. The molecule has 0 aromatic heterocycles. The lowest BCUT2D eigenvalue weighted by atomic mass is 9.91. The van der Waals surface area contributed by atoms with Crippen molar-refractivity contribution >= 4 is 0 Å². The Morgan fingerprint density at radius 3 is 2.59 bits per heavy atom. The van der Waals surface area contributed by atoms with Crippen LogP contribution in [0.5, 0.6) is 0 Å². The highest BCUT2D eigenvalue weighted by Gasteiger charge is 2.25. The molecule has 1 fully saturated rings. The van der Waals surface area contributed by atoms with Crippen molar-refractivity contribution in [2.24, 2.45) is 0 Å². The first-order chi connectivity index (χ1) is 8.31. The average molecular weight is 233 g/mol. The molecule has 0 bridgehead atoms. The van der Waals surface area contributed by atoms with Crippen LogP contribution < -0.4 is 5.32 Å². The largest absolute Gasteiger partial charge is 0.380 e. The van der Waals surface area contributed by atoms with Crippen molar-refractivity contribution in [3.05, 3.63) is 35.9 Å². The van der Waals surface area contributed by atoms with Gasteiger partial charge in [-0.1, -0.05) is 43.2 Å². The van der Waals surface area contributed by atoms with Crippen LogP contribution in [0.1, 0.15) is 44.2 Å². The van der Waals surface area contributed by atoms with E-state index < -0.39 is 0 Å². The Kier molecular flexibility index (Phi) is 4.57. The van der Waals surface area contributed by atoms with Gasteiger partial charge in [0.25, 0.3) is 0 Å². The number of hydrogen-bond donors (Lipinski definition) is 1. The summed E-state index contributed by atoms with van der Waals surface area (Å²) in [7, 11) is 1.83. The Labute approximate surface area is 104 Å². The van der Waals surface area contributed by atoms with Gasteiger partial charge in [-0.2, -0.15) is 0 Å². The molecule has 0 saturated heterocycles. The van der Waals surface area contributed by atoms with Gasteiger partial charge in [0.1, 0.15) is 0 Å². The third kappa shape index (κ3) is 3.30. The molecule has 0 spiro atoms. The van der Waals surface area contributed by atoms with Crippen molar-refractivity contribution in [2.45, 2.75) is 50.8 Å². The van der Waals surface area contributed by atoms with Crippen molar-refractivity contribution in [3.63, 3.8) is 0 Å². The average Bonchev–Trinajstić information content (AvgIpc) is 2.40. The van der Waals surface area contributed by atoms with E-state index in [4.69, 9.17) is 4.74 Å². The number of ether oxygens (including phenoxy) is 1. The van der Waals surface area contributed by atoms with Crippen LogP contribution in [0.25, 0.3) is 0 Å². The summed E-state index contributed by atoms with van der Waals surface area (Å²) in [6.07, 6.45) is 5.43. The number of methoxy groups -OCH3 is 1. The predicted molar refractivity (Wildman–Crippen MR) is 71.0 cm³/mol. The van der Waals surface area contributed by atoms with Crippen molar-refractivity contribution in [1.29, 1.82) is 0 Å².